The predicted octanol–water partition coefficient (Wildman–Crippen LogP) is 4.39. The van der Waals surface area contributed by atoms with Crippen LogP contribution in [-0.4, -0.2) is 4.57 Å². The highest BCUT2D eigenvalue weighted by atomic mass is 35.5. The second kappa shape index (κ2) is 5.10. The Bertz CT molecular complexity index is 1290. The molecule has 2 heterocycles. The van der Waals surface area contributed by atoms with Gasteiger partial charge in [-0.15, -0.1) is 13.2 Å². The largest absolute Gasteiger partial charge is 0.491 e. The lowest BCUT2D eigenvalue weighted by Crippen LogP contribution is -2.33. The minimum absolute atomic E-state index is 0.0925. The number of hydrogen-bond acceptors (Lipinski definition) is 3. The molecule has 0 N–H and O–H groups in total. The Balaban J connectivity index is 2.46. The smallest absolute Gasteiger partial charge is 0.422 e. The monoisotopic (exact) mass is 365 g/mol. The summed E-state index contributed by atoms with van der Waals surface area (Å²) in [6, 6.07) is 9.87. The highest BCUT2D eigenvalue weighted by Gasteiger charge is 2.35. The van der Waals surface area contributed by atoms with Crippen LogP contribution in [0.25, 0.3) is 32.6 Å². The van der Waals surface area contributed by atoms with Crippen LogP contribution in [0.1, 0.15) is 0 Å². The summed E-state index contributed by atoms with van der Waals surface area (Å²) in [4.78, 5) is 24.7. The Morgan fingerprint density at radius 2 is 1.68 bits per heavy atom. The first-order valence-electron chi connectivity index (χ1n) is 7.06. The number of alkyl halides is 3. The topological polar surface area (TPSA) is 52.2 Å². The van der Waals surface area contributed by atoms with E-state index in [2.05, 4.69) is 0 Å². The molecule has 0 bridgehead atoms. The van der Waals surface area contributed by atoms with Crippen LogP contribution in [0.4, 0.5) is 13.2 Å². The van der Waals surface area contributed by atoms with Crippen molar-refractivity contribution >= 4 is 44.2 Å². The van der Waals surface area contributed by atoms with E-state index in [-0.39, 0.29) is 26.4 Å². The summed E-state index contributed by atoms with van der Waals surface area (Å²) in [5.41, 5.74) is -2.81. The van der Waals surface area contributed by atoms with Crippen LogP contribution >= 0.6 is 11.6 Å². The summed E-state index contributed by atoms with van der Waals surface area (Å²) in [5, 5.41) is 0.131. The third kappa shape index (κ3) is 2.23. The molecular formula is C17H7ClF3NO3. The molecule has 2 aromatic carbocycles. The molecule has 4 nitrogen and oxygen atoms in total. The maximum absolute atomic E-state index is 13.4. The molecule has 0 aliphatic carbocycles. The molecule has 25 heavy (non-hydrogen) atoms. The zero-order valence-corrected chi connectivity index (χ0v) is 13.0. The highest BCUT2D eigenvalue weighted by Crippen LogP contribution is 2.33. The molecule has 0 spiro atoms. The van der Waals surface area contributed by atoms with Crippen LogP contribution in [-0.2, 0) is 6.30 Å². The molecule has 2 aromatic heterocycles. The molecule has 0 atom stereocenters. The first-order valence-corrected chi connectivity index (χ1v) is 7.44. The molecule has 0 aliphatic heterocycles. The van der Waals surface area contributed by atoms with Gasteiger partial charge in [0.2, 0.25) is 0 Å². The predicted molar refractivity (Wildman–Crippen MR) is 88.1 cm³/mol. The van der Waals surface area contributed by atoms with Crippen molar-refractivity contribution < 1.29 is 17.6 Å². The van der Waals surface area contributed by atoms with Gasteiger partial charge in [0.25, 0.3) is 5.56 Å². The van der Waals surface area contributed by atoms with Crippen molar-refractivity contribution in [1.82, 2.24) is 4.57 Å². The fourth-order valence-corrected chi connectivity index (χ4v) is 3.17. The number of rotatable bonds is 0. The number of hydrogen-bond donors (Lipinski definition) is 0. The lowest BCUT2D eigenvalue weighted by Gasteiger charge is -2.15. The lowest BCUT2D eigenvalue weighted by atomic mass is 10.0. The minimum Gasteiger partial charge on any atom is -0.422 e. The maximum atomic E-state index is 13.4. The molecular weight excluding hydrogens is 359 g/mol. The van der Waals surface area contributed by atoms with Crippen molar-refractivity contribution in [3.8, 4) is 0 Å². The normalized spacial score (nSPS) is 12.3. The molecule has 0 unspecified atom stereocenters. The van der Waals surface area contributed by atoms with Crippen molar-refractivity contribution in [1.29, 1.82) is 0 Å². The number of nitrogens with zero attached hydrogens (tertiary/aromatic N) is 1. The summed E-state index contributed by atoms with van der Waals surface area (Å²) in [6.07, 6.45) is -4.99. The first kappa shape index (κ1) is 15.7. The second-order valence-corrected chi connectivity index (χ2v) is 5.84. The van der Waals surface area contributed by atoms with Crippen molar-refractivity contribution in [3.63, 3.8) is 0 Å². The van der Waals surface area contributed by atoms with Gasteiger partial charge >= 0.3 is 11.9 Å². The summed E-state index contributed by atoms with van der Waals surface area (Å²) in [5.74, 6) is 0. The van der Waals surface area contributed by atoms with Crippen LogP contribution < -0.4 is 11.2 Å². The van der Waals surface area contributed by atoms with E-state index in [1.807, 2.05) is 0 Å². The van der Waals surface area contributed by atoms with Crippen LogP contribution in [0.2, 0.25) is 5.02 Å². The molecule has 0 saturated carbocycles. The van der Waals surface area contributed by atoms with Gasteiger partial charge in [0.05, 0.1) is 5.52 Å². The Kier molecular flexibility index (Phi) is 3.20. The van der Waals surface area contributed by atoms with Crippen LogP contribution in [0.3, 0.4) is 0 Å². The van der Waals surface area contributed by atoms with E-state index >= 15 is 0 Å². The van der Waals surface area contributed by atoms with E-state index < -0.39 is 22.9 Å². The van der Waals surface area contributed by atoms with Crippen molar-refractivity contribution in [3.05, 3.63) is 68.3 Å². The van der Waals surface area contributed by atoms with Gasteiger partial charge in [-0.1, -0.05) is 29.8 Å². The Hall–Kier alpha value is -2.80. The van der Waals surface area contributed by atoms with E-state index in [0.29, 0.717) is 10.4 Å². The van der Waals surface area contributed by atoms with Gasteiger partial charge in [0.1, 0.15) is 11.0 Å². The fraction of sp³-hybridized carbons (Fsp3) is 0.0588. The first-order chi connectivity index (χ1) is 11.8. The zero-order chi connectivity index (χ0) is 17.9. The summed E-state index contributed by atoms with van der Waals surface area (Å²) in [6.45, 7) is 0. The summed E-state index contributed by atoms with van der Waals surface area (Å²) >= 11 is 5.97. The molecule has 8 heteroatoms. The van der Waals surface area contributed by atoms with Gasteiger partial charge in [-0.3, -0.25) is 4.79 Å². The number of benzene rings is 2. The average Bonchev–Trinajstić information content (AvgIpc) is 2.53. The van der Waals surface area contributed by atoms with E-state index in [1.54, 1.807) is 0 Å². The number of halogens is 4. The number of fused-ring (bicyclic) bond motifs is 5. The molecule has 0 amide bonds. The van der Waals surface area contributed by atoms with Gasteiger partial charge in [0.15, 0.2) is 0 Å². The fourth-order valence-electron chi connectivity index (χ4n) is 3.00. The lowest BCUT2D eigenvalue weighted by molar-refractivity contribution is -0.202. The number of aromatic nitrogens is 1. The second-order valence-electron chi connectivity index (χ2n) is 5.41. The standard InChI is InChI=1S/C17H7ClF3NO3/c18-8-5-6-12-10(7-8)13-9-3-1-2-4-11(9)22(17(19,20)21)15(23)14(13)16(24)25-12/h1-7H. The van der Waals surface area contributed by atoms with E-state index in [4.69, 9.17) is 16.0 Å². The molecule has 4 rings (SSSR count). The summed E-state index contributed by atoms with van der Waals surface area (Å²) < 4.78 is 45.0. The Morgan fingerprint density at radius 1 is 0.960 bits per heavy atom. The van der Waals surface area contributed by atoms with Crippen LogP contribution in [0.5, 0.6) is 0 Å². The molecule has 4 aromatic rings. The third-order valence-electron chi connectivity index (χ3n) is 3.95. The summed E-state index contributed by atoms with van der Waals surface area (Å²) in [7, 11) is 0. The minimum atomic E-state index is -4.99. The number of para-hydroxylation sites is 1. The van der Waals surface area contributed by atoms with Gasteiger partial charge in [-0.2, -0.15) is 0 Å². The van der Waals surface area contributed by atoms with Crippen molar-refractivity contribution in [2.45, 2.75) is 6.30 Å². The van der Waals surface area contributed by atoms with Crippen LogP contribution in [0.15, 0.2) is 56.5 Å². The van der Waals surface area contributed by atoms with Gasteiger partial charge in [0, 0.05) is 21.2 Å². The zero-order valence-electron chi connectivity index (χ0n) is 12.2. The van der Waals surface area contributed by atoms with Gasteiger partial charge in [-0.25, -0.2) is 9.36 Å². The molecule has 0 radical (unpaired) electrons. The Morgan fingerprint density at radius 3 is 2.40 bits per heavy atom. The molecule has 0 aliphatic rings. The van der Waals surface area contributed by atoms with E-state index in [1.165, 1.54) is 42.5 Å². The molecule has 0 saturated heterocycles. The van der Waals surface area contributed by atoms with Crippen molar-refractivity contribution in [2.24, 2.45) is 0 Å². The average molecular weight is 366 g/mol. The molecule has 0 fully saturated rings. The van der Waals surface area contributed by atoms with E-state index in [0.717, 1.165) is 0 Å². The van der Waals surface area contributed by atoms with E-state index in [9.17, 15) is 22.8 Å². The van der Waals surface area contributed by atoms with Gasteiger partial charge in [-0.05, 0) is 24.3 Å². The quantitative estimate of drug-likeness (QED) is 0.343. The number of pyridine rings is 1. The molecule has 126 valence electrons. The maximum Gasteiger partial charge on any atom is 0.491 e. The third-order valence-corrected chi connectivity index (χ3v) is 4.19. The Labute approximate surface area is 141 Å². The highest BCUT2D eigenvalue weighted by molar-refractivity contribution is 6.32. The SMILES string of the molecule is O=c1oc2ccc(Cl)cc2c2c1c(=O)n(C(F)(F)F)c1ccccc21. The van der Waals surface area contributed by atoms with Gasteiger partial charge < -0.3 is 4.42 Å². The van der Waals surface area contributed by atoms with Crippen LogP contribution in [0, 0.1) is 0 Å². The van der Waals surface area contributed by atoms with Crippen molar-refractivity contribution in [2.75, 3.05) is 0 Å².